The number of carbonyl (C=O) groups excluding carboxylic acids is 1. The number of fused-ring (bicyclic) bond motifs is 1. The van der Waals surface area contributed by atoms with Gasteiger partial charge in [0.15, 0.2) is 0 Å². The highest BCUT2D eigenvalue weighted by Crippen LogP contribution is 2.34. The van der Waals surface area contributed by atoms with Crippen molar-refractivity contribution in [2.75, 3.05) is 18.4 Å². The maximum absolute atomic E-state index is 12.5. The van der Waals surface area contributed by atoms with Crippen LogP contribution in [0.4, 0.5) is 5.95 Å². The molecule has 5 nitrogen and oxygen atoms in total. The Morgan fingerprint density at radius 1 is 1.19 bits per heavy atom. The van der Waals surface area contributed by atoms with Crippen LogP contribution in [-0.4, -0.2) is 28.5 Å². The van der Waals surface area contributed by atoms with E-state index in [-0.39, 0.29) is 18.3 Å². The van der Waals surface area contributed by atoms with E-state index < -0.39 is 0 Å². The number of nitrogens with one attached hydrogen (secondary N) is 2. The number of nitrogens with zero attached hydrogens (tertiary/aromatic N) is 2. The summed E-state index contributed by atoms with van der Waals surface area (Å²) in [6.07, 6.45) is 8.93. The Kier molecular flexibility index (Phi) is 6.54. The molecular weight excluding hydrogens is 348 g/mol. The van der Waals surface area contributed by atoms with Crippen molar-refractivity contribution < 1.29 is 4.79 Å². The van der Waals surface area contributed by atoms with Crippen LogP contribution in [0.1, 0.15) is 57.4 Å². The number of carbonyl (C=O) groups is 1. The first-order chi connectivity index (χ1) is 12.3. The van der Waals surface area contributed by atoms with Gasteiger partial charge in [0.1, 0.15) is 0 Å². The number of rotatable bonds is 5. The second kappa shape index (κ2) is 8.87. The van der Waals surface area contributed by atoms with Crippen LogP contribution in [0.3, 0.4) is 0 Å². The zero-order valence-corrected chi connectivity index (χ0v) is 16.1. The SMILES string of the molecule is Cl.O=C(CCC1CCNC1)Nc1nc2ccccc2n1C1CCCCC1. The largest absolute Gasteiger partial charge is 0.316 e. The van der Waals surface area contributed by atoms with Crippen molar-refractivity contribution in [1.82, 2.24) is 14.9 Å². The lowest BCUT2D eigenvalue weighted by Gasteiger charge is -2.25. The number of para-hydroxylation sites is 2. The highest BCUT2D eigenvalue weighted by atomic mass is 35.5. The van der Waals surface area contributed by atoms with Gasteiger partial charge < -0.3 is 9.88 Å². The summed E-state index contributed by atoms with van der Waals surface area (Å²) in [7, 11) is 0. The molecule has 1 saturated heterocycles. The standard InChI is InChI=1S/C20H28N4O.ClH/c25-19(11-10-15-12-13-21-14-15)23-20-22-17-8-4-5-9-18(17)24(20)16-6-2-1-3-7-16;/h4-5,8-9,15-16,21H,1-3,6-7,10-14H2,(H,22,23,25);1H. The van der Waals surface area contributed by atoms with Gasteiger partial charge in [0.2, 0.25) is 11.9 Å². The van der Waals surface area contributed by atoms with Gasteiger partial charge in [-0.15, -0.1) is 12.4 Å². The molecule has 1 aliphatic heterocycles. The molecule has 1 atom stereocenters. The van der Waals surface area contributed by atoms with Crippen LogP contribution in [0, 0.1) is 5.92 Å². The average molecular weight is 377 g/mol. The number of halogens is 1. The van der Waals surface area contributed by atoms with Crippen molar-refractivity contribution >= 4 is 35.3 Å². The number of amides is 1. The predicted molar refractivity (Wildman–Crippen MR) is 108 cm³/mol. The Balaban J connectivity index is 0.00000196. The lowest BCUT2D eigenvalue weighted by atomic mass is 9.95. The molecule has 1 aromatic heterocycles. The Morgan fingerprint density at radius 3 is 2.77 bits per heavy atom. The Bertz CT molecular complexity index is 732. The third kappa shape index (κ3) is 4.21. The summed E-state index contributed by atoms with van der Waals surface area (Å²) in [6, 6.07) is 8.68. The first-order valence-electron chi connectivity index (χ1n) is 9.79. The topological polar surface area (TPSA) is 59.0 Å². The molecule has 1 unspecified atom stereocenters. The van der Waals surface area contributed by atoms with Gasteiger partial charge >= 0.3 is 0 Å². The van der Waals surface area contributed by atoms with E-state index in [4.69, 9.17) is 4.98 Å². The minimum atomic E-state index is 0. The van der Waals surface area contributed by atoms with E-state index in [0.29, 0.717) is 18.4 Å². The van der Waals surface area contributed by atoms with Crippen molar-refractivity contribution in [3.05, 3.63) is 24.3 Å². The fourth-order valence-electron chi connectivity index (χ4n) is 4.32. The van der Waals surface area contributed by atoms with Crippen LogP contribution in [0.25, 0.3) is 11.0 Å². The molecule has 0 spiro atoms. The van der Waals surface area contributed by atoms with Gasteiger partial charge in [-0.25, -0.2) is 4.98 Å². The third-order valence-electron chi connectivity index (χ3n) is 5.73. The van der Waals surface area contributed by atoms with Gasteiger partial charge in [-0.05, 0) is 56.8 Å². The minimum Gasteiger partial charge on any atom is -0.316 e. The van der Waals surface area contributed by atoms with Crippen LogP contribution in [0.5, 0.6) is 0 Å². The molecule has 142 valence electrons. The summed E-state index contributed by atoms with van der Waals surface area (Å²) in [6.45, 7) is 2.14. The number of hydrogen-bond donors (Lipinski definition) is 2. The molecule has 2 aliphatic rings. The zero-order valence-electron chi connectivity index (χ0n) is 15.2. The fraction of sp³-hybridized carbons (Fsp3) is 0.600. The molecule has 1 aromatic carbocycles. The molecule has 2 N–H and O–H groups in total. The quantitative estimate of drug-likeness (QED) is 0.818. The van der Waals surface area contributed by atoms with E-state index in [1.165, 1.54) is 38.5 Å². The lowest BCUT2D eigenvalue weighted by molar-refractivity contribution is -0.116. The molecule has 6 heteroatoms. The van der Waals surface area contributed by atoms with E-state index in [9.17, 15) is 4.79 Å². The highest BCUT2D eigenvalue weighted by Gasteiger charge is 2.23. The van der Waals surface area contributed by atoms with Gasteiger partial charge in [-0.1, -0.05) is 31.4 Å². The van der Waals surface area contributed by atoms with E-state index in [1.807, 2.05) is 12.1 Å². The van der Waals surface area contributed by atoms with E-state index >= 15 is 0 Å². The maximum Gasteiger partial charge on any atom is 0.226 e. The van der Waals surface area contributed by atoms with Gasteiger partial charge in [0, 0.05) is 12.5 Å². The van der Waals surface area contributed by atoms with E-state index in [1.54, 1.807) is 0 Å². The number of hydrogen-bond acceptors (Lipinski definition) is 3. The van der Waals surface area contributed by atoms with Crippen molar-refractivity contribution in [1.29, 1.82) is 0 Å². The number of aromatic nitrogens is 2. The monoisotopic (exact) mass is 376 g/mol. The van der Waals surface area contributed by atoms with E-state index in [2.05, 4.69) is 27.3 Å². The molecule has 4 rings (SSSR count). The summed E-state index contributed by atoms with van der Waals surface area (Å²) in [4.78, 5) is 17.2. The second-order valence-corrected chi connectivity index (χ2v) is 7.53. The molecular formula is C20H29ClN4O. The van der Waals surface area contributed by atoms with Crippen molar-refractivity contribution in [3.8, 4) is 0 Å². The molecule has 0 radical (unpaired) electrons. The molecule has 2 aromatic rings. The Hall–Kier alpha value is -1.59. The van der Waals surface area contributed by atoms with Crippen molar-refractivity contribution in [2.24, 2.45) is 5.92 Å². The number of imidazole rings is 1. The summed E-state index contributed by atoms with van der Waals surface area (Å²) >= 11 is 0. The van der Waals surface area contributed by atoms with Crippen molar-refractivity contribution in [2.45, 2.75) is 57.4 Å². The number of anilines is 1. The molecule has 2 fully saturated rings. The molecule has 1 saturated carbocycles. The normalized spacial score (nSPS) is 20.8. The van der Waals surface area contributed by atoms with Crippen LogP contribution < -0.4 is 10.6 Å². The third-order valence-corrected chi connectivity index (χ3v) is 5.73. The average Bonchev–Trinajstić information content (AvgIpc) is 3.28. The minimum absolute atomic E-state index is 0. The van der Waals surface area contributed by atoms with Crippen LogP contribution in [0.15, 0.2) is 24.3 Å². The lowest BCUT2D eigenvalue weighted by Crippen LogP contribution is -2.20. The Morgan fingerprint density at radius 2 is 2.00 bits per heavy atom. The molecule has 1 aliphatic carbocycles. The van der Waals surface area contributed by atoms with Gasteiger partial charge in [0.05, 0.1) is 11.0 Å². The van der Waals surface area contributed by atoms with Gasteiger partial charge in [0.25, 0.3) is 0 Å². The van der Waals surface area contributed by atoms with Crippen LogP contribution in [0.2, 0.25) is 0 Å². The highest BCUT2D eigenvalue weighted by molar-refractivity contribution is 5.91. The Labute approximate surface area is 161 Å². The smallest absolute Gasteiger partial charge is 0.226 e. The maximum atomic E-state index is 12.5. The van der Waals surface area contributed by atoms with Crippen LogP contribution in [-0.2, 0) is 4.79 Å². The van der Waals surface area contributed by atoms with E-state index in [0.717, 1.165) is 36.5 Å². The summed E-state index contributed by atoms with van der Waals surface area (Å²) < 4.78 is 2.28. The summed E-state index contributed by atoms with van der Waals surface area (Å²) in [5.41, 5.74) is 2.12. The molecule has 0 bridgehead atoms. The fourth-order valence-corrected chi connectivity index (χ4v) is 4.32. The number of benzene rings is 1. The second-order valence-electron chi connectivity index (χ2n) is 7.53. The predicted octanol–water partition coefficient (Wildman–Crippen LogP) is 4.29. The van der Waals surface area contributed by atoms with Crippen molar-refractivity contribution in [3.63, 3.8) is 0 Å². The molecule has 2 heterocycles. The molecule has 1 amide bonds. The molecule has 26 heavy (non-hydrogen) atoms. The van der Waals surface area contributed by atoms with Gasteiger partial charge in [-0.3, -0.25) is 10.1 Å². The first kappa shape index (κ1) is 19.2. The van der Waals surface area contributed by atoms with Crippen LogP contribution >= 0.6 is 12.4 Å². The summed E-state index contributed by atoms with van der Waals surface area (Å²) in [5.74, 6) is 1.48. The zero-order chi connectivity index (χ0) is 17.1. The first-order valence-corrected chi connectivity index (χ1v) is 9.79. The van der Waals surface area contributed by atoms with Gasteiger partial charge in [-0.2, -0.15) is 0 Å². The summed E-state index contributed by atoms with van der Waals surface area (Å²) in [5, 5.41) is 6.48.